The van der Waals surface area contributed by atoms with E-state index in [1.165, 1.54) is 7.11 Å². The van der Waals surface area contributed by atoms with Gasteiger partial charge in [-0.2, -0.15) is 0 Å². The van der Waals surface area contributed by atoms with Crippen LogP contribution >= 0.6 is 0 Å². The summed E-state index contributed by atoms with van der Waals surface area (Å²) in [6, 6.07) is 0. The molecule has 1 aliphatic carbocycles. The Morgan fingerprint density at radius 1 is 1.16 bits per heavy atom. The summed E-state index contributed by atoms with van der Waals surface area (Å²) in [5, 5.41) is 2.66. The van der Waals surface area contributed by atoms with E-state index in [4.69, 9.17) is 9.47 Å². The second kappa shape index (κ2) is 7.11. The highest BCUT2D eigenvalue weighted by Gasteiger charge is 2.42. The molecule has 1 amide bonds. The first kappa shape index (κ1) is 15.5. The van der Waals surface area contributed by atoms with Crippen LogP contribution < -0.4 is 5.32 Å². The Kier molecular flexibility index (Phi) is 5.79. The molecule has 0 aromatic heterocycles. The van der Waals surface area contributed by atoms with Crippen molar-refractivity contribution in [3.8, 4) is 0 Å². The summed E-state index contributed by atoms with van der Waals surface area (Å²) >= 11 is 0. The Bertz CT molecular complexity index is 347. The first-order chi connectivity index (χ1) is 9.04. The van der Waals surface area contributed by atoms with Crippen LogP contribution in [-0.2, 0) is 23.9 Å². The minimum atomic E-state index is -0.976. The number of esters is 2. The predicted molar refractivity (Wildman–Crippen MR) is 67.2 cm³/mol. The molecule has 0 spiro atoms. The highest BCUT2D eigenvalue weighted by atomic mass is 16.5. The summed E-state index contributed by atoms with van der Waals surface area (Å²) in [4.78, 5) is 34.9. The molecule has 0 heterocycles. The van der Waals surface area contributed by atoms with E-state index < -0.39 is 23.4 Å². The third-order valence-electron chi connectivity index (χ3n) is 3.27. The van der Waals surface area contributed by atoms with Crippen molar-refractivity contribution in [2.24, 2.45) is 0 Å². The third-order valence-corrected chi connectivity index (χ3v) is 3.27. The van der Waals surface area contributed by atoms with Gasteiger partial charge in [-0.1, -0.05) is 19.3 Å². The lowest BCUT2D eigenvalue weighted by Crippen LogP contribution is -2.56. The van der Waals surface area contributed by atoms with Crippen molar-refractivity contribution in [1.29, 1.82) is 0 Å². The van der Waals surface area contributed by atoms with Crippen molar-refractivity contribution in [3.63, 3.8) is 0 Å². The molecule has 0 radical (unpaired) electrons. The quantitative estimate of drug-likeness (QED) is 0.594. The maximum atomic E-state index is 11.9. The van der Waals surface area contributed by atoms with Crippen LogP contribution in [0.3, 0.4) is 0 Å². The normalized spacial score (nSPS) is 17.4. The SMILES string of the molecule is CCOC(=O)CC(=O)NC1(C(=O)OC)CCCCC1. The Balaban J connectivity index is 2.64. The van der Waals surface area contributed by atoms with Crippen molar-refractivity contribution in [3.05, 3.63) is 0 Å². The van der Waals surface area contributed by atoms with E-state index in [1.54, 1.807) is 6.92 Å². The molecule has 6 heteroatoms. The zero-order valence-electron chi connectivity index (χ0n) is 11.5. The minimum Gasteiger partial charge on any atom is -0.467 e. The molecule has 1 rings (SSSR count). The molecule has 0 aromatic rings. The van der Waals surface area contributed by atoms with E-state index in [0.29, 0.717) is 12.8 Å². The molecule has 0 atom stereocenters. The molecular weight excluding hydrogens is 250 g/mol. The predicted octanol–water partition coefficient (Wildman–Crippen LogP) is 0.932. The Labute approximate surface area is 112 Å². The van der Waals surface area contributed by atoms with Gasteiger partial charge in [0.15, 0.2) is 0 Å². The first-order valence-electron chi connectivity index (χ1n) is 6.59. The van der Waals surface area contributed by atoms with Gasteiger partial charge in [0.05, 0.1) is 13.7 Å². The van der Waals surface area contributed by atoms with Gasteiger partial charge < -0.3 is 14.8 Å². The Morgan fingerprint density at radius 2 is 1.79 bits per heavy atom. The fourth-order valence-electron chi connectivity index (χ4n) is 2.39. The van der Waals surface area contributed by atoms with E-state index in [-0.39, 0.29) is 13.0 Å². The summed E-state index contributed by atoms with van der Waals surface area (Å²) < 4.78 is 9.48. The van der Waals surface area contributed by atoms with Crippen molar-refractivity contribution >= 4 is 17.8 Å². The molecule has 6 nitrogen and oxygen atoms in total. The van der Waals surface area contributed by atoms with Crippen LogP contribution in [0.5, 0.6) is 0 Å². The molecule has 1 aliphatic rings. The highest BCUT2D eigenvalue weighted by Crippen LogP contribution is 2.29. The molecule has 0 saturated heterocycles. The lowest BCUT2D eigenvalue weighted by Gasteiger charge is -2.35. The van der Waals surface area contributed by atoms with Crippen LogP contribution in [0.2, 0.25) is 0 Å². The molecule has 1 fully saturated rings. The molecule has 0 bridgehead atoms. The van der Waals surface area contributed by atoms with Crippen molar-refractivity contribution in [2.45, 2.75) is 51.0 Å². The fourth-order valence-corrected chi connectivity index (χ4v) is 2.39. The van der Waals surface area contributed by atoms with Gasteiger partial charge in [0.2, 0.25) is 5.91 Å². The van der Waals surface area contributed by atoms with Crippen molar-refractivity contribution < 1.29 is 23.9 Å². The smallest absolute Gasteiger partial charge is 0.331 e. The van der Waals surface area contributed by atoms with Gasteiger partial charge in [0.1, 0.15) is 12.0 Å². The second-order valence-electron chi connectivity index (χ2n) is 4.66. The van der Waals surface area contributed by atoms with Crippen molar-refractivity contribution in [2.75, 3.05) is 13.7 Å². The van der Waals surface area contributed by atoms with Gasteiger partial charge in [0.25, 0.3) is 0 Å². The molecule has 108 valence electrons. The van der Waals surface area contributed by atoms with Crippen LogP contribution in [0, 0.1) is 0 Å². The van der Waals surface area contributed by atoms with Crippen LogP contribution in [0.4, 0.5) is 0 Å². The number of hydrogen-bond acceptors (Lipinski definition) is 5. The average molecular weight is 271 g/mol. The first-order valence-corrected chi connectivity index (χ1v) is 6.59. The number of rotatable bonds is 5. The van der Waals surface area contributed by atoms with Crippen LogP contribution in [0.1, 0.15) is 45.4 Å². The third kappa shape index (κ3) is 4.22. The highest BCUT2D eigenvalue weighted by molar-refractivity contribution is 5.97. The summed E-state index contributed by atoms with van der Waals surface area (Å²) in [6.07, 6.45) is 3.48. The lowest BCUT2D eigenvalue weighted by molar-refractivity contribution is -0.154. The van der Waals surface area contributed by atoms with Gasteiger partial charge >= 0.3 is 11.9 Å². The number of carbonyl (C=O) groups excluding carboxylic acids is 3. The standard InChI is InChI=1S/C13H21NO5/c1-3-19-11(16)9-10(15)14-13(12(17)18-2)7-5-4-6-8-13/h3-9H2,1-2H3,(H,14,15). The molecule has 1 saturated carbocycles. The Morgan fingerprint density at radius 3 is 2.32 bits per heavy atom. The number of methoxy groups -OCH3 is 1. The average Bonchev–Trinajstić information content (AvgIpc) is 2.38. The maximum absolute atomic E-state index is 11.9. The van der Waals surface area contributed by atoms with Crippen molar-refractivity contribution in [1.82, 2.24) is 5.32 Å². The second-order valence-corrected chi connectivity index (χ2v) is 4.66. The minimum absolute atomic E-state index is 0.230. The van der Waals surface area contributed by atoms with Gasteiger partial charge in [0, 0.05) is 0 Å². The lowest BCUT2D eigenvalue weighted by atomic mass is 9.81. The molecule has 19 heavy (non-hydrogen) atoms. The van der Waals surface area contributed by atoms with Gasteiger partial charge in [-0.05, 0) is 19.8 Å². The number of nitrogens with one attached hydrogen (secondary N) is 1. The fraction of sp³-hybridized carbons (Fsp3) is 0.769. The van der Waals surface area contributed by atoms with E-state index in [1.807, 2.05) is 0 Å². The largest absolute Gasteiger partial charge is 0.467 e. The van der Waals surface area contributed by atoms with Crippen LogP contribution in [0.15, 0.2) is 0 Å². The summed E-state index contributed by atoms with van der Waals surface area (Å²) in [6.45, 7) is 1.90. The van der Waals surface area contributed by atoms with E-state index >= 15 is 0 Å². The van der Waals surface area contributed by atoms with Gasteiger partial charge in [-0.3, -0.25) is 9.59 Å². The number of ether oxygens (including phenoxy) is 2. The summed E-state index contributed by atoms with van der Waals surface area (Å²) in [5.74, 6) is -1.52. The topological polar surface area (TPSA) is 81.7 Å². The van der Waals surface area contributed by atoms with E-state index in [2.05, 4.69) is 5.32 Å². The maximum Gasteiger partial charge on any atom is 0.331 e. The molecule has 0 aromatic carbocycles. The number of amides is 1. The van der Waals surface area contributed by atoms with Gasteiger partial charge in [-0.15, -0.1) is 0 Å². The molecule has 0 unspecified atom stereocenters. The molecule has 1 N–H and O–H groups in total. The summed E-state index contributed by atoms with van der Waals surface area (Å²) in [5.41, 5.74) is -0.976. The number of carbonyl (C=O) groups is 3. The van der Waals surface area contributed by atoms with Crippen LogP contribution in [0.25, 0.3) is 0 Å². The molecule has 0 aliphatic heterocycles. The molecular formula is C13H21NO5. The van der Waals surface area contributed by atoms with Crippen LogP contribution in [-0.4, -0.2) is 37.1 Å². The number of hydrogen-bond donors (Lipinski definition) is 1. The zero-order valence-corrected chi connectivity index (χ0v) is 11.5. The van der Waals surface area contributed by atoms with E-state index in [0.717, 1.165) is 19.3 Å². The van der Waals surface area contributed by atoms with Gasteiger partial charge in [-0.25, -0.2) is 4.79 Å². The monoisotopic (exact) mass is 271 g/mol. The Hall–Kier alpha value is -1.59. The summed E-state index contributed by atoms with van der Waals surface area (Å²) in [7, 11) is 1.30. The zero-order chi connectivity index (χ0) is 14.3. The van der Waals surface area contributed by atoms with E-state index in [9.17, 15) is 14.4 Å².